The molecule has 1 N–H and O–H groups in total. The number of aromatic nitrogens is 3. The van der Waals surface area contributed by atoms with E-state index in [1.807, 2.05) is 13.0 Å². The topological polar surface area (TPSA) is 59.8 Å². The average Bonchev–Trinajstić information content (AvgIpc) is 2.72. The first kappa shape index (κ1) is 14.2. The molecule has 1 amide bonds. The first-order valence-electron chi connectivity index (χ1n) is 5.61. The van der Waals surface area contributed by atoms with Crippen molar-refractivity contribution in [2.75, 3.05) is 5.32 Å². The SMILES string of the molecule is Cc1c(Br)cnn1C(C)C(=O)Nc1ccc(Br)cn1. The molecule has 19 heavy (non-hydrogen) atoms. The molecule has 1 unspecified atom stereocenters. The molecule has 2 aromatic heterocycles. The highest BCUT2D eigenvalue weighted by Crippen LogP contribution is 2.19. The summed E-state index contributed by atoms with van der Waals surface area (Å²) in [4.78, 5) is 16.2. The zero-order valence-electron chi connectivity index (χ0n) is 10.4. The van der Waals surface area contributed by atoms with Crippen molar-refractivity contribution in [3.8, 4) is 0 Å². The van der Waals surface area contributed by atoms with Crippen LogP contribution in [0, 0.1) is 6.92 Å². The Morgan fingerprint density at radius 3 is 2.63 bits per heavy atom. The van der Waals surface area contributed by atoms with E-state index in [1.54, 1.807) is 30.1 Å². The largest absolute Gasteiger partial charge is 0.309 e. The number of hydrogen-bond acceptors (Lipinski definition) is 3. The molecule has 7 heteroatoms. The zero-order chi connectivity index (χ0) is 14.0. The lowest BCUT2D eigenvalue weighted by Crippen LogP contribution is -2.25. The molecule has 0 fully saturated rings. The second kappa shape index (κ2) is 5.83. The standard InChI is InChI=1S/C12H12Br2N4O/c1-7-10(14)6-16-18(7)8(2)12(19)17-11-4-3-9(13)5-15-11/h3-6,8H,1-2H3,(H,15,17,19). The monoisotopic (exact) mass is 386 g/mol. The second-order valence-corrected chi connectivity index (χ2v) is 5.82. The van der Waals surface area contributed by atoms with E-state index in [0.717, 1.165) is 14.6 Å². The molecule has 0 aliphatic heterocycles. The third-order valence-electron chi connectivity index (χ3n) is 2.71. The molecular formula is C12H12Br2N4O. The van der Waals surface area contributed by atoms with Crippen LogP contribution in [0.1, 0.15) is 18.7 Å². The number of pyridine rings is 1. The van der Waals surface area contributed by atoms with Crippen LogP contribution in [0.2, 0.25) is 0 Å². The summed E-state index contributed by atoms with van der Waals surface area (Å²) in [7, 11) is 0. The fourth-order valence-corrected chi connectivity index (χ4v) is 2.09. The van der Waals surface area contributed by atoms with Crippen LogP contribution in [0.25, 0.3) is 0 Å². The maximum Gasteiger partial charge on any atom is 0.250 e. The van der Waals surface area contributed by atoms with Crippen LogP contribution in [-0.4, -0.2) is 20.7 Å². The quantitative estimate of drug-likeness (QED) is 0.878. The molecule has 100 valence electrons. The number of amides is 1. The summed E-state index contributed by atoms with van der Waals surface area (Å²) in [5, 5.41) is 6.93. The Morgan fingerprint density at radius 2 is 2.11 bits per heavy atom. The van der Waals surface area contributed by atoms with Crippen LogP contribution in [0.5, 0.6) is 0 Å². The molecule has 0 aliphatic carbocycles. The van der Waals surface area contributed by atoms with Gasteiger partial charge in [0.1, 0.15) is 11.9 Å². The van der Waals surface area contributed by atoms with E-state index < -0.39 is 6.04 Å². The van der Waals surface area contributed by atoms with Gasteiger partial charge in [0, 0.05) is 10.7 Å². The molecule has 0 saturated heterocycles. The van der Waals surface area contributed by atoms with Gasteiger partial charge in [0.05, 0.1) is 16.4 Å². The summed E-state index contributed by atoms with van der Waals surface area (Å²) >= 11 is 6.67. The van der Waals surface area contributed by atoms with Crippen LogP contribution < -0.4 is 5.32 Å². The third-order valence-corrected chi connectivity index (χ3v) is 3.96. The van der Waals surface area contributed by atoms with Crippen molar-refractivity contribution < 1.29 is 4.79 Å². The lowest BCUT2D eigenvalue weighted by atomic mass is 10.3. The van der Waals surface area contributed by atoms with Gasteiger partial charge in [-0.25, -0.2) is 4.98 Å². The van der Waals surface area contributed by atoms with Crippen LogP contribution in [0.4, 0.5) is 5.82 Å². The summed E-state index contributed by atoms with van der Waals surface area (Å²) in [6.45, 7) is 3.69. The van der Waals surface area contributed by atoms with Gasteiger partial charge in [0.2, 0.25) is 5.91 Å². The van der Waals surface area contributed by atoms with Crippen LogP contribution in [0.3, 0.4) is 0 Å². The number of anilines is 1. The summed E-state index contributed by atoms with van der Waals surface area (Å²) in [6, 6.07) is 3.15. The van der Waals surface area contributed by atoms with Crippen molar-refractivity contribution in [3.05, 3.63) is 39.2 Å². The molecule has 0 saturated carbocycles. The maximum absolute atomic E-state index is 12.1. The van der Waals surface area contributed by atoms with Gasteiger partial charge in [-0.1, -0.05) is 0 Å². The molecule has 1 atom stereocenters. The van der Waals surface area contributed by atoms with Crippen molar-refractivity contribution in [1.29, 1.82) is 0 Å². The summed E-state index contributed by atoms with van der Waals surface area (Å²) < 4.78 is 3.41. The Bertz CT molecular complexity index is 594. The lowest BCUT2D eigenvalue weighted by Gasteiger charge is -2.14. The normalized spacial score (nSPS) is 12.2. The minimum atomic E-state index is -0.406. The van der Waals surface area contributed by atoms with Gasteiger partial charge < -0.3 is 5.32 Å². The van der Waals surface area contributed by atoms with Gasteiger partial charge in [-0.3, -0.25) is 9.48 Å². The van der Waals surface area contributed by atoms with E-state index in [9.17, 15) is 4.79 Å². The minimum Gasteiger partial charge on any atom is -0.309 e. The average molecular weight is 388 g/mol. The van der Waals surface area contributed by atoms with E-state index >= 15 is 0 Å². The number of nitrogens with one attached hydrogen (secondary N) is 1. The fraction of sp³-hybridized carbons (Fsp3) is 0.250. The van der Waals surface area contributed by atoms with E-state index in [4.69, 9.17) is 0 Å². The highest BCUT2D eigenvalue weighted by Gasteiger charge is 2.18. The van der Waals surface area contributed by atoms with E-state index in [1.165, 1.54) is 0 Å². The van der Waals surface area contributed by atoms with E-state index in [2.05, 4.69) is 47.3 Å². The van der Waals surface area contributed by atoms with Gasteiger partial charge in [-0.2, -0.15) is 5.10 Å². The fourth-order valence-electron chi connectivity index (χ4n) is 1.58. The van der Waals surface area contributed by atoms with Crippen molar-refractivity contribution in [2.24, 2.45) is 0 Å². The summed E-state index contributed by atoms with van der Waals surface area (Å²) in [5.41, 5.74) is 0.909. The molecule has 0 bridgehead atoms. The van der Waals surface area contributed by atoms with Crippen molar-refractivity contribution >= 4 is 43.6 Å². The number of carbonyl (C=O) groups excluding carboxylic acids is 1. The van der Waals surface area contributed by atoms with Crippen molar-refractivity contribution in [1.82, 2.24) is 14.8 Å². The number of nitrogens with zero attached hydrogens (tertiary/aromatic N) is 3. The third kappa shape index (κ3) is 3.22. The molecule has 2 aromatic rings. The Hall–Kier alpha value is -1.21. The molecule has 2 rings (SSSR count). The number of rotatable bonds is 3. The Morgan fingerprint density at radius 1 is 1.37 bits per heavy atom. The zero-order valence-corrected chi connectivity index (χ0v) is 13.6. The van der Waals surface area contributed by atoms with Gasteiger partial charge in [0.25, 0.3) is 0 Å². The molecule has 0 aromatic carbocycles. The molecule has 0 spiro atoms. The minimum absolute atomic E-state index is 0.159. The predicted molar refractivity (Wildman–Crippen MR) is 79.9 cm³/mol. The Labute approximate surface area is 127 Å². The van der Waals surface area contributed by atoms with Gasteiger partial charge in [-0.15, -0.1) is 0 Å². The number of halogens is 2. The second-order valence-electron chi connectivity index (χ2n) is 4.05. The van der Waals surface area contributed by atoms with Crippen LogP contribution >= 0.6 is 31.9 Å². The maximum atomic E-state index is 12.1. The number of hydrogen-bond donors (Lipinski definition) is 1. The highest BCUT2D eigenvalue weighted by molar-refractivity contribution is 9.10. The van der Waals surface area contributed by atoms with Crippen molar-refractivity contribution in [3.63, 3.8) is 0 Å². The molecule has 0 aliphatic rings. The number of carbonyl (C=O) groups is 1. The Kier molecular flexibility index (Phi) is 4.36. The first-order chi connectivity index (χ1) is 8.99. The molecule has 2 heterocycles. The summed E-state index contributed by atoms with van der Waals surface area (Å²) in [6.07, 6.45) is 3.31. The van der Waals surface area contributed by atoms with Crippen LogP contribution in [0.15, 0.2) is 33.5 Å². The molecule has 0 radical (unpaired) electrons. The lowest BCUT2D eigenvalue weighted by molar-refractivity contribution is -0.119. The molecule has 5 nitrogen and oxygen atoms in total. The first-order valence-corrected chi connectivity index (χ1v) is 7.19. The van der Waals surface area contributed by atoms with Gasteiger partial charge >= 0.3 is 0 Å². The van der Waals surface area contributed by atoms with Gasteiger partial charge in [0.15, 0.2) is 0 Å². The smallest absolute Gasteiger partial charge is 0.250 e. The van der Waals surface area contributed by atoms with Crippen molar-refractivity contribution in [2.45, 2.75) is 19.9 Å². The van der Waals surface area contributed by atoms with E-state index in [0.29, 0.717) is 5.82 Å². The van der Waals surface area contributed by atoms with Crippen LogP contribution in [-0.2, 0) is 4.79 Å². The van der Waals surface area contributed by atoms with E-state index in [-0.39, 0.29) is 5.91 Å². The Balaban J connectivity index is 2.11. The summed E-state index contributed by atoms with van der Waals surface area (Å²) in [5.74, 6) is 0.359. The van der Waals surface area contributed by atoms with Gasteiger partial charge in [-0.05, 0) is 57.8 Å². The predicted octanol–water partition coefficient (Wildman–Crippen LogP) is 3.31. The molecular weight excluding hydrogens is 376 g/mol. The highest BCUT2D eigenvalue weighted by atomic mass is 79.9.